The van der Waals surface area contributed by atoms with Gasteiger partial charge >= 0.3 is 0 Å². The van der Waals surface area contributed by atoms with E-state index in [-0.39, 0.29) is 0 Å². The van der Waals surface area contributed by atoms with Crippen LogP contribution in [0.2, 0.25) is 0 Å². The van der Waals surface area contributed by atoms with Gasteiger partial charge in [-0.2, -0.15) is 0 Å². The van der Waals surface area contributed by atoms with Gasteiger partial charge < -0.3 is 10.1 Å². The average molecular weight is 263 g/mol. The van der Waals surface area contributed by atoms with Gasteiger partial charge in [-0.25, -0.2) is 0 Å². The minimum Gasteiger partial charge on any atom is -0.381 e. The Hall–Kier alpha value is -0.860. The van der Waals surface area contributed by atoms with E-state index in [0.29, 0.717) is 12.0 Å². The first-order valence-corrected chi connectivity index (χ1v) is 7.60. The van der Waals surface area contributed by atoms with Gasteiger partial charge in [-0.05, 0) is 36.4 Å². The fourth-order valence-corrected chi connectivity index (χ4v) is 2.19. The molecule has 2 heteroatoms. The maximum atomic E-state index is 5.60. The molecule has 0 aliphatic heterocycles. The number of rotatable bonds is 9. The van der Waals surface area contributed by atoms with Crippen molar-refractivity contribution >= 4 is 0 Å². The largest absolute Gasteiger partial charge is 0.381 e. The van der Waals surface area contributed by atoms with Gasteiger partial charge in [-0.1, -0.05) is 52.0 Å². The van der Waals surface area contributed by atoms with Gasteiger partial charge in [0.05, 0.1) is 0 Å². The Balaban J connectivity index is 2.59. The van der Waals surface area contributed by atoms with Crippen molar-refractivity contribution in [2.45, 2.75) is 52.5 Å². The van der Waals surface area contributed by atoms with Crippen molar-refractivity contribution < 1.29 is 4.74 Å². The molecular weight excluding hydrogens is 234 g/mol. The van der Waals surface area contributed by atoms with Crippen LogP contribution in [0.1, 0.15) is 63.6 Å². The van der Waals surface area contributed by atoms with E-state index in [0.717, 1.165) is 32.6 Å². The smallest absolute Gasteiger partial charge is 0.0484 e. The Bertz CT molecular complexity index is 332. The summed E-state index contributed by atoms with van der Waals surface area (Å²) in [4.78, 5) is 0. The Morgan fingerprint density at radius 1 is 1.00 bits per heavy atom. The van der Waals surface area contributed by atoms with Gasteiger partial charge in [0.2, 0.25) is 0 Å². The van der Waals surface area contributed by atoms with Crippen molar-refractivity contribution in [3.05, 3.63) is 35.4 Å². The average Bonchev–Trinajstić information content (AvgIpc) is 2.42. The summed E-state index contributed by atoms with van der Waals surface area (Å²) in [6, 6.07) is 9.41. The summed E-state index contributed by atoms with van der Waals surface area (Å²) in [5.41, 5.74) is 2.77. The third kappa shape index (κ3) is 5.75. The van der Waals surface area contributed by atoms with Crippen LogP contribution in [-0.4, -0.2) is 19.8 Å². The Morgan fingerprint density at radius 2 is 1.63 bits per heavy atom. The summed E-state index contributed by atoms with van der Waals surface area (Å²) in [7, 11) is 0. The van der Waals surface area contributed by atoms with E-state index in [9.17, 15) is 0 Å². The summed E-state index contributed by atoms with van der Waals surface area (Å²) >= 11 is 0. The summed E-state index contributed by atoms with van der Waals surface area (Å²) in [6.45, 7) is 11.5. The normalized spacial score (nSPS) is 12.9. The van der Waals surface area contributed by atoms with E-state index in [2.05, 4.69) is 57.3 Å². The molecule has 19 heavy (non-hydrogen) atoms. The molecule has 0 aliphatic rings. The van der Waals surface area contributed by atoms with Crippen LogP contribution in [-0.2, 0) is 4.74 Å². The monoisotopic (exact) mass is 263 g/mol. The highest BCUT2D eigenvalue weighted by Crippen LogP contribution is 2.21. The molecule has 1 aromatic carbocycles. The van der Waals surface area contributed by atoms with Gasteiger partial charge in [0.1, 0.15) is 0 Å². The van der Waals surface area contributed by atoms with Gasteiger partial charge in [0, 0.05) is 19.3 Å². The lowest BCUT2D eigenvalue weighted by molar-refractivity contribution is 0.124. The third-order valence-electron chi connectivity index (χ3n) is 3.36. The quantitative estimate of drug-likeness (QED) is 0.672. The van der Waals surface area contributed by atoms with Crippen LogP contribution in [0.25, 0.3) is 0 Å². The summed E-state index contributed by atoms with van der Waals surface area (Å²) in [6.07, 6.45) is 2.13. The van der Waals surface area contributed by atoms with E-state index in [4.69, 9.17) is 4.74 Å². The summed E-state index contributed by atoms with van der Waals surface area (Å²) < 4.78 is 5.60. The van der Waals surface area contributed by atoms with Crippen LogP contribution in [0.5, 0.6) is 0 Å². The summed E-state index contributed by atoms with van der Waals surface area (Å²) in [5.74, 6) is 0.597. The predicted molar refractivity (Wildman–Crippen MR) is 82.7 cm³/mol. The second kappa shape index (κ2) is 9.11. The Kier molecular flexibility index (Phi) is 7.76. The molecule has 1 aromatic rings. The molecule has 1 unspecified atom stereocenters. The third-order valence-corrected chi connectivity index (χ3v) is 3.36. The van der Waals surface area contributed by atoms with Crippen LogP contribution in [0.4, 0.5) is 0 Å². The summed E-state index contributed by atoms with van der Waals surface area (Å²) in [5, 5.41) is 3.54. The van der Waals surface area contributed by atoms with E-state index < -0.39 is 0 Å². The molecule has 0 aromatic heterocycles. The molecule has 0 saturated heterocycles. The molecule has 0 spiro atoms. The van der Waals surface area contributed by atoms with Gasteiger partial charge in [0.25, 0.3) is 0 Å². The first kappa shape index (κ1) is 16.2. The van der Waals surface area contributed by atoms with Crippen molar-refractivity contribution in [3.8, 4) is 0 Å². The molecule has 0 saturated carbocycles. The second-order valence-corrected chi connectivity index (χ2v) is 5.33. The zero-order valence-electron chi connectivity index (χ0n) is 12.9. The first-order valence-electron chi connectivity index (χ1n) is 7.60. The number of nitrogens with one attached hydrogen (secondary N) is 1. The molecule has 0 bridgehead atoms. The highest BCUT2D eigenvalue weighted by molar-refractivity contribution is 5.26. The van der Waals surface area contributed by atoms with Crippen LogP contribution in [0.15, 0.2) is 24.3 Å². The minimum atomic E-state index is 0.406. The molecule has 0 radical (unpaired) electrons. The first-order chi connectivity index (χ1) is 9.19. The fraction of sp³-hybridized carbons (Fsp3) is 0.647. The fourth-order valence-electron chi connectivity index (χ4n) is 2.19. The van der Waals surface area contributed by atoms with Crippen molar-refractivity contribution in [2.24, 2.45) is 0 Å². The van der Waals surface area contributed by atoms with Crippen LogP contribution in [0, 0.1) is 0 Å². The second-order valence-electron chi connectivity index (χ2n) is 5.33. The number of hydrogen-bond donors (Lipinski definition) is 1. The van der Waals surface area contributed by atoms with Crippen LogP contribution in [0.3, 0.4) is 0 Å². The lowest BCUT2D eigenvalue weighted by Gasteiger charge is -2.19. The number of benzene rings is 1. The minimum absolute atomic E-state index is 0.406. The molecule has 1 N–H and O–H groups in total. The lowest BCUT2D eigenvalue weighted by atomic mass is 9.98. The van der Waals surface area contributed by atoms with Crippen molar-refractivity contribution in [1.82, 2.24) is 5.32 Å². The predicted octanol–water partition coefficient (Wildman–Crippen LogP) is 4.28. The lowest BCUT2D eigenvalue weighted by Crippen LogP contribution is -2.22. The Labute approximate surface area is 118 Å². The highest BCUT2D eigenvalue weighted by atomic mass is 16.5. The zero-order valence-corrected chi connectivity index (χ0v) is 12.9. The molecular formula is C17H29NO. The molecule has 0 amide bonds. The number of hydrogen-bond acceptors (Lipinski definition) is 2. The molecule has 108 valence electrons. The maximum absolute atomic E-state index is 5.60. The van der Waals surface area contributed by atoms with E-state index in [1.165, 1.54) is 11.1 Å². The Morgan fingerprint density at radius 3 is 2.16 bits per heavy atom. The van der Waals surface area contributed by atoms with Crippen molar-refractivity contribution in [1.29, 1.82) is 0 Å². The van der Waals surface area contributed by atoms with Gasteiger partial charge in [-0.15, -0.1) is 0 Å². The molecule has 2 nitrogen and oxygen atoms in total. The van der Waals surface area contributed by atoms with E-state index in [1.54, 1.807) is 0 Å². The molecule has 0 heterocycles. The van der Waals surface area contributed by atoms with E-state index >= 15 is 0 Å². The van der Waals surface area contributed by atoms with Crippen molar-refractivity contribution in [3.63, 3.8) is 0 Å². The zero-order chi connectivity index (χ0) is 14.1. The number of ether oxygens (including phenoxy) is 1. The van der Waals surface area contributed by atoms with E-state index in [1.807, 2.05) is 0 Å². The molecule has 1 atom stereocenters. The maximum Gasteiger partial charge on any atom is 0.0484 e. The standard InChI is InChI=1S/C17H29NO/c1-5-12-19-13-11-17(18-6-2)16-9-7-15(8-10-16)14(3)4/h7-10,14,17-18H,5-6,11-13H2,1-4H3. The molecule has 0 fully saturated rings. The topological polar surface area (TPSA) is 21.3 Å². The van der Waals surface area contributed by atoms with Gasteiger partial charge in [0.15, 0.2) is 0 Å². The van der Waals surface area contributed by atoms with Crippen LogP contribution >= 0.6 is 0 Å². The van der Waals surface area contributed by atoms with Crippen LogP contribution < -0.4 is 5.32 Å². The SMILES string of the molecule is CCCOCCC(NCC)c1ccc(C(C)C)cc1. The van der Waals surface area contributed by atoms with Gasteiger partial charge in [-0.3, -0.25) is 0 Å². The highest BCUT2D eigenvalue weighted by Gasteiger charge is 2.10. The van der Waals surface area contributed by atoms with Crippen molar-refractivity contribution in [2.75, 3.05) is 19.8 Å². The molecule has 1 rings (SSSR count). The molecule has 0 aliphatic carbocycles.